The number of nitrogens with zero attached hydrogens (tertiary/aromatic N) is 1. The summed E-state index contributed by atoms with van der Waals surface area (Å²) in [6.07, 6.45) is 1.67. The van der Waals surface area contributed by atoms with E-state index in [-0.39, 0.29) is 11.7 Å². The quantitative estimate of drug-likeness (QED) is 0.784. The third-order valence-electron chi connectivity index (χ3n) is 2.61. The number of ether oxygens (including phenoxy) is 1. The number of rotatable bonds is 3. The fraction of sp³-hybridized carbons (Fsp3) is 0.231. The maximum absolute atomic E-state index is 12.1. The smallest absolute Gasteiger partial charge is 0.252 e. The number of hydrogen-bond donors (Lipinski definition) is 0. The van der Waals surface area contributed by atoms with Gasteiger partial charge in [-0.2, -0.15) is 0 Å². The molecule has 0 saturated heterocycles. The van der Waals surface area contributed by atoms with E-state index >= 15 is 0 Å². The number of methoxy groups -OCH3 is 1. The van der Waals surface area contributed by atoms with E-state index < -0.39 is 5.25 Å². The lowest BCUT2D eigenvalue weighted by Crippen LogP contribution is -2.39. The van der Waals surface area contributed by atoms with Crippen molar-refractivity contribution in [3.8, 4) is 5.75 Å². The topological polar surface area (TPSA) is 46.6 Å². The first-order valence-corrected chi connectivity index (χ1v) is 6.37. The van der Waals surface area contributed by atoms with Crippen LogP contribution >= 0.6 is 11.8 Å². The second kappa shape index (κ2) is 5.27. The molecule has 1 unspecified atom stereocenters. The predicted molar refractivity (Wildman–Crippen MR) is 71.7 cm³/mol. The predicted octanol–water partition coefficient (Wildman–Crippen LogP) is 2.20. The molecule has 1 aliphatic heterocycles. The molecule has 94 valence electrons. The van der Waals surface area contributed by atoms with Crippen LogP contribution in [0, 0.1) is 0 Å². The van der Waals surface area contributed by atoms with E-state index in [9.17, 15) is 9.59 Å². The van der Waals surface area contributed by atoms with Gasteiger partial charge in [0.15, 0.2) is 5.78 Å². The summed E-state index contributed by atoms with van der Waals surface area (Å²) < 4.78 is 5.06. The third kappa shape index (κ3) is 2.41. The van der Waals surface area contributed by atoms with Crippen LogP contribution in [0.1, 0.15) is 6.92 Å². The van der Waals surface area contributed by atoms with Gasteiger partial charge in [0.05, 0.1) is 7.11 Å². The van der Waals surface area contributed by atoms with Gasteiger partial charge in [-0.1, -0.05) is 0 Å². The monoisotopic (exact) mass is 263 g/mol. The summed E-state index contributed by atoms with van der Waals surface area (Å²) in [6, 6.07) is 7.13. The fourth-order valence-electron chi connectivity index (χ4n) is 1.66. The zero-order valence-electron chi connectivity index (χ0n) is 10.1. The highest BCUT2D eigenvalue weighted by atomic mass is 32.2. The largest absolute Gasteiger partial charge is 0.497 e. The Morgan fingerprint density at radius 2 is 2.00 bits per heavy atom. The standard InChI is InChI=1S/C13H13NO3S/c1-9(15)12-13(16)14(7-8-18-12)10-3-5-11(17-2)6-4-10/h3-8,12H,1-2H3. The number of Topliss-reactive ketones (excluding diaryl/α,β-unsaturated/α-hetero) is 1. The van der Waals surface area contributed by atoms with Gasteiger partial charge in [-0.25, -0.2) is 0 Å². The van der Waals surface area contributed by atoms with E-state index in [0.29, 0.717) is 0 Å². The van der Waals surface area contributed by atoms with Gasteiger partial charge in [0.25, 0.3) is 5.91 Å². The van der Waals surface area contributed by atoms with E-state index in [4.69, 9.17) is 4.74 Å². The maximum atomic E-state index is 12.1. The Morgan fingerprint density at radius 3 is 2.56 bits per heavy atom. The Morgan fingerprint density at radius 1 is 1.33 bits per heavy atom. The average molecular weight is 263 g/mol. The minimum atomic E-state index is -0.642. The third-order valence-corrected chi connectivity index (χ3v) is 3.69. The van der Waals surface area contributed by atoms with Crippen molar-refractivity contribution >= 4 is 29.1 Å². The molecule has 4 nitrogen and oxygen atoms in total. The number of carbonyl (C=O) groups excluding carboxylic acids is 2. The Bertz CT molecular complexity index is 495. The minimum absolute atomic E-state index is 0.132. The lowest BCUT2D eigenvalue weighted by molar-refractivity contribution is -0.124. The van der Waals surface area contributed by atoms with Crippen molar-refractivity contribution in [1.82, 2.24) is 0 Å². The number of amides is 1. The maximum Gasteiger partial charge on any atom is 0.252 e. The molecular weight excluding hydrogens is 250 g/mol. The van der Waals surface area contributed by atoms with Gasteiger partial charge >= 0.3 is 0 Å². The average Bonchev–Trinajstić information content (AvgIpc) is 2.39. The molecule has 1 aromatic rings. The van der Waals surface area contributed by atoms with Crippen LogP contribution in [0.4, 0.5) is 5.69 Å². The molecule has 1 aliphatic rings. The molecule has 0 aromatic heterocycles. The van der Waals surface area contributed by atoms with Crippen LogP contribution in [-0.2, 0) is 9.59 Å². The van der Waals surface area contributed by atoms with Crippen LogP contribution in [0.15, 0.2) is 35.9 Å². The Hall–Kier alpha value is -1.75. The van der Waals surface area contributed by atoms with Crippen LogP contribution in [0.2, 0.25) is 0 Å². The van der Waals surface area contributed by atoms with Crippen molar-refractivity contribution in [3.05, 3.63) is 35.9 Å². The number of thioether (sulfide) groups is 1. The molecule has 0 aliphatic carbocycles. The lowest BCUT2D eigenvalue weighted by atomic mass is 10.2. The van der Waals surface area contributed by atoms with E-state index in [1.807, 2.05) is 0 Å². The molecule has 1 amide bonds. The summed E-state index contributed by atoms with van der Waals surface area (Å²) in [7, 11) is 1.59. The summed E-state index contributed by atoms with van der Waals surface area (Å²) in [5.74, 6) is 0.387. The summed E-state index contributed by atoms with van der Waals surface area (Å²) in [5, 5.41) is 1.12. The van der Waals surface area contributed by atoms with Crippen molar-refractivity contribution in [2.45, 2.75) is 12.2 Å². The number of hydrogen-bond acceptors (Lipinski definition) is 4. The van der Waals surface area contributed by atoms with Gasteiger partial charge in [0, 0.05) is 11.9 Å². The second-order valence-electron chi connectivity index (χ2n) is 3.82. The first kappa shape index (κ1) is 12.7. The minimum Gasteiger partial charge on any atom is -0.497 e. The molecule has 2 rings (SSSR count). The van der Waals surface area contributed by atoms with Crippen molar-refractivity contribution < 1.29 is 14.3 Å². The number of carbonyl (C=O) groups is 2. The zero-order valence-corrected chi connectivity index (χ0v) is 10.9. The molecule has 0 radical (unpaired) electrons. The van der Waals surface area contributed by atoms with Gasteiger partial charge in [-0.15, -0.1) is 11.8 Å². The summed E-state index contributed by atoms with van der Waals surface area (Å²) >= 11 is 1.24. The first-order chi connectivity index (χ1) is 8.63. The number of ketones is 1. The lowest BCUT2D eigenvalue weighted by Gasteiger charge is -2.25. The Balaban J connectivity index is 2.26. The molecule has 0 spiro atoms. The van der Waals surface area contributed by atoms with Crippen LogP contribution in [0.25, 0.3) is 0 Å². The van der Waals surface area contributed by atoms with Crippen molar-refractivity contribution in [2.75, 3.05) is 12.0 Å². The van der Waals surface area contributed by atoms with Gasteiger partial charge in [0.2, 0.25) is 0 Å². The van der Waals surface area contributed by atoms with Crippen molar-refractivity contribution in [1.29, 1.82) is 0 Å². The molecule has 18 heavy (non-hydrogen) atoms. The molecule has 0 saturated carbocycles. The van der Waals surface area contributed by atoms with E-state index in [1.165, 1.54) is 23.6 Å². The van der Waals surface area contributed by atoms with Crippen molar-refractivity contribution in [3.63, 3.8) is 0 Å². The van der Waals surface area contributed by atoms with E-state index in [1.54, 1.807) is 43.0 Å². The van der Waals surface area contributed by atoms with E-state index in [2.05, 4.69) is 0 Å². The van der Waals surface area contributed by atoms with Crippen LogP contribution in [-0.4, -0.2) is 24.1 Å². The van der Waals surface area contributed by atoms with Gasteiger partial charge < -0.3 is 4.74 Å². The van der Waals surface area contributed by atoms with Crippen LogP contribution in [0.5, 0.6) is 5.75 Å². The molecule has 0 fully saturated rings. The normalized spacial score (nSPS) is 18.9. The molecule has 0 bridgehead atoms. The fourth-order valence-corrected chi connectivity index (χ4v) is 2.43. The summed E-state index contributed by atoms with van der Waals surface area (Å²) in [5.41, 5.74) is 0.726. The Kier molecular flexibility index (Phi) is 3.72. The SMILES string of the molecule is COc1ccc(N2C=CSC(C(C)=O)C2=O)cc1. The number of benzene rings is 1. The van der Waals surface area contributed by atoms with Gasteiger partial charge in [-0.3, -0.25) is 14.5 Å². The molecule has 1 heterocycles. The second-order valence-corrected chi connectivity index (χ2v) is 4.83. The highest BCUT2D eigenvalue weighted by Gasteiger charge is 2.30. The van der Waals surface area contributed by atoms with Crippen molar-refractivity contribution in [2.24, 2.45) is 0 Å². The highest BCUT2D eigenvalue weighted by Crippen LogP contribution is 2.27. The zero-order chi connectivity index (χ0) is 13.1. The molecule has 1 aromatic carbocycles. The first-order valence-electron chi connectivity index (χ1n) is 5.43. The van der Waals surface area contributed by atoms with E-state index in [0.717, 1.165) is 11.4 Å². The van der Waals surface area contributed by atoms with Gasteiger partial charge in [-0.05, 0) is 36.6 Å². The molecule has 0 N–H and O–H groups in total. The molecular formula is C13H13NO3S. The highest BCUT2D eigenvalue weighted by molar-refractivity contribution is 8.04. The van der Waals surface area contributed by atoms with Crippen LogP contribution < -0.4 is 9.64 Å². The molecule has 1 atom stereocenters. The Labute approximate surface area is 110 Å². The van der Waals surface area contributed by atoms with Crippen LogP contribution in [0.3, 0.4) is 0 Å². The summed E-state index contributed by atoms with van der Waals surface area (Å²) in [4.78, 5) is 25.0. The number of anilines is 1. The molecule has 5 heteroatoms. The summed E-state index contributed by atoms with van der Waals surface area (Å²) in [6.45, 7) is 1.43. The van der Waals surface area contributed by atoms with Gasteiger partial charge in [0.1, 0.15) is 11.0 Å².